The van der Waals surface area contributed by atoms with Crippen molar-refractivity contribution in [3.05, 3.63) is 60.7 Å². The number of nitrogens with one attached hydrogen (secondary N) is 2. The molecule has 12 nitrogen and oxygen atoms in total. The van der Waals surface area contributed by atoms with Crippen LogP contribution in [0, 0.1) is 17.3 Å². The average Bonchev–Trinajstić information content (AvgIpc) is 3.86. The van der Waals surface area contributed by atoms with Crippen LogP contribution >= 0.6 is 0 Å². The molecule has 1 aromatic rings. The quantitative estimate of drug-likeness (QED) is 0.112. The van der Waals surface area contributed by atoms with Crippen LogP contribution in [0.2, 0.25) is 0 Å². The summed E-state index contributed by atoms with van der Waals surface area (Å²) in [6.07, 6.45) is 9.19. The molecule has 3 aliphatic heterocycles. The Balaban J connectivity index is 1.20. The summed E-state index contributed by atoms with van der Waals surface area (Å²) < 4.78 is 25.1. The van der Waals surface area contributed by atoms with E-state index in [1.807, 2.05) is 30.3 Å². The first kappa shape index (κ1) is 41.8. The molecule has 4 amide bonds. The van der Waals surface area contributed by atoms with Gasteiger partial charge < -0.3 is 34.3 Å². The third-order valence-corrected chi connectivity index (χ3v) is 12.9. The van der Waals surface area contributed by atoms with Crippen LogP contribution in [0.1, 0.15) is 117 Å². The lowest BCUT2D eigenvalue weighted by atomic mass is 9.43. The maximum Gasteiger partial charge on any atom is 0.481 e. The highest BCUT2D eigenvalue weighted by atomic mass is 16.7. The molecule has 0 unspecified atom stereocenters. The molecule has 13 heteroatoms. The number of ether oxygens (including phenoxy) is 2. The Hall–Kier alpha value is -3.84. The predicted octanol–water partition coefficient (Wildman–Crippen LogP) is 6.86. The summed E-state index contributed by atoms with van der Waals surface area (Å²) in [5.74, 6) is -0.393. The Labute approximate surface area is 333 Å². The first-order valence-corrected chi connectivity index (χ1v) is 20.7. The lowest BCUT2D eigenvalue weighted by molar-refractivity contribution is -0.199. The number of carbonyl (C=O) groups excluding carboxylic acids is 4. The summed E-state index contributed by atoms with van der Waals surface area (Å²) in [5, 5.41) is 5.95. The second kappa shape index (κ2) is 16.9. The zero-order valence-electron chi connectivity index (χ0n) is 34.3. The van der Waals surface area contributed by atoms with Gasteiger partial charge in [-0.15, -0.1) is 13.2 Å². The van der Waals surface area contributed by atoms with Crippen molar-refractivity contribution in [2.45, 2.75) is 160 Å². The van der Waals surface area contributed by atoms with Crippen molar-refractivity contribution in [1.82, 2.24) is 20.4 Å². The molecular formula is C43H63BN4O8. The Morgan fingerprint density at radius 2 is 1.68 bits per heavy atom. The lowest BCUT2D eigenvalue weighted by Gasteiger charge is -2.64. The first-order valence-electron chi connectivity index (χ1n) is 20.7. The second-order valence-corrected chi connectivity index (χ2v) is 18.3. The largest absolute Gasteiger partial charge is 0.481 e. The third-order valence-electron chi connectivity index (χ3n) is 12.9. The second-order valence-electron chi connectivity index (χ2n) is 18.3. The van der Waals surface area contributed by atoms with Crippen LogP contribution in [0.3, 0.4) is 0 Å². The number of nitrogens with zero attached hydrogens (tertiary/aromatic N) is 2. The van der Waals surface area contributed by atoms with Crippen LogP contribution in [-0.4, -0.2) is 88.9 Å². The molecule has 0 aromatic heterocycles. The van der Waals surface area contributed by atoms with Gasteiger partial charge in [-0.3, -0.25) is 14.5 Å². The van der Waals surface area contributed by atoms with Crippen molar-refractivity contribution < 1.29 is 38.0 Å². The van der Waals surface area contributed by atoms with Gasteiger partial charge in [0.25, 0.3) is 0 Å². The van der Waals surface area contributed by atoms with Crippen LogP contribution in [0.4, 0.5) is 9.59 Å². The van der Waals surface area contributed by atoms with E-state index in [1.54, 1.807) is 31.7 Å². The van der Waals surface area contributed by atoms with Crippen molar-refractivity contribution >= 4 is 31.1 Å². The van der Waals surface area contributed by atoms with E-state index < -0.39 is 60.5 Å². The first-order chi connectivity index (χ1) is 26.5. The number of allylic oxidation sites excluding steroid dienone is 1. The minimum Gasteiger partial charge on any atom is -0.444 e. The molecule has 3 saturated carbocycles. The van der Waals surface area contributed by atoms with Crippen molar-refractivity contribution in [2.24, 2.45) is 17.3 Å². The van der Waals surface area contributed by atoms with Crippen molar-refractivity contribution in [3.8, 4) is 0 Å². The van der Waals surface area contributed by atoms with E-state index in [9.17, 15) is 19.2 Å². The molecule has 6 aliphatic rings. The SMILES string of the molecule is C=CCCCCCC[C@H](NC(=O)[C@@H]1C[C@@H](OC(=O)N2Cc3ccccc3C2)CN1C(=O)[C@H](CC=C)NC(=O)OC(C)(C)C)B1O[C@@H]2C[C@@H]3C[C@@H](C3(C)C)[C@]2(C)O1. The molecule has 8 atom stereocenters. The Morgan fingerprint density at radius 1 is 0.982 bits per heavy atom. The van der Waals surface area contributed by atoms with Gasteiger partial charge >= 0.3 is 19.3 Å². The molecule has 0 radical (unpaired) electrons. The molecule has 2 N–H and O–H groups in total. The maximum atomic E-state index is 14.6. The van der Waals surface area contributed by atoms with E-state index in [0.29, 0.717) is 31.3 Å². The van der Waals surface area contributed by atoms with Crippen molar-refractivity contribution in [1.29, 1.82) is 0 Å². The van der Waals surface area contributed by atoms with Crippen molar-refractivity contribution in [3.63, 3.8) is 0 Å². The predicted molar refractivity (Wildman–Crippen MR) is 214 cm³/mol. The van der Waals surface area contributed by atoms with Crippen LogP contribution in [0.5, 0.6) is 0 Å². The molecule has 7 rings (SSSR count). The molecule has 56 heavy (non-hydrogen) atoms. The smallest absolute Gasteiger partial charge is 0.444 e. The number of likely N-dealkylation sites (tertiary alicyclic amines) is 1. The summed E-state index contributed by atoms with van der Waals surface area (Å²) in [4.78, 5) is 58.4. The van der Waals surface area contributed by atoms with Gasteiger partial charge in [0.05, 0.1) is 24.2 Å². The summed E-state index contributed by atoms with van der Waals surface area (Å²) in [5.41, 5.74) is 1.04. The molecule has 2 bridgehead atoms. The van der Waals surface area contributed by atoms with Crippen LogP contribution in [0.15, 0.2) is 49.6 Å². The Morgan fingerprint density at radius 3 is 2.32 bits per heavy atom. The molecule has 3 heterocycles. The molecule has 3 aliphatic carbocycles. The Kier molecular flexibility index (Phi) is 12.6. The number of benzene rings is 1. The number of unbranched alkanes of at least 4 members (excludes halogenated alkanes) is 4. The molecular weight excluding hydrogens is 711 g/mol. The highest BCUT2D eigenvalue weighted by Crippen LogP contribution is 2.65. The van der Waals surface area contributed by atoms with Gasteiger partial charge in [0.2, 0.25) is 11.8 Å². The standard InChI is InChI=1S/C43H63BN4O8/c1-9-11-12-13-14-15-21-36(44-55-35-23-30-22-34(42(30,6)7)43(35,8)56-44)46-37(49)33-24-31(53-40(52)47-25-28-19-16-17-20-29(28)26-47)27-48(33)38(50)32(18-10-2)45-39(51)54-41(3,4)5/h9-10,16-17,19-20,30-36H,1-2,11-15,18,21-27H2,3-8H3,(H,45,51)(H,46,49)/t30-,31+,32-,33-,34-,35+,36-,43-/m0/s1. The van der Waals surface area contributed by atoms with E-state index in [4.69, 9.17) is 18.8 Å². The highest BCUT2D eigenvalue weighted by Gasteiger charge is 2.68. The number of fused-ring (bicyclic) bond motifs is 1. The number of amides is 4. The van der Waals surface area contributed by atoms with E-state index >= 15 is 0 Å². The minimum atomic E-state index is -1.05. The van der Waals surface area contributed by atoms with Gasteiger partial charge in [-0.25, -0.2) is 9.59 Å². The van der Waals surface area contributed by atoms with Crippen LogP contribution in [0.25, 0.3) is 0 Å². The molecule has 306 valence electrons. The Bertz CT molecular complexity index is 1620. The monoisotopic (exact) mass is 774 g/mol. The lowest BCUT2D eigenvalue weighted by Crippen LogP contribution is -2.65. The number of rotatable bonds is 15. The topological polar surface area (TPSA) is 136 Å². The van der Waals surface area contributed by atoms with Gasteiger partial charge in [0.1, 0.15) is 23.8 Å². The van der Waals surface area contributed by atoms with E-state index in [0.717, 1.165) is 56.1 Å². The van der Waals surface area contributed by atoms with E-state index in [1.165, 1.54) is 4.90 Å². The van der Waals surface area contributed by atoms with E-state index in [2.05, 4.69) is 44.6 Å². The van der Waals surface area contributed by atoms with Gasteiger partial charge in [-0.2, -0.15) is 0 Å². The molecule has 2 saturated heterocycles. The fourth-order valence-corrected chi connectivity index (χ4v) is 9.73. The normalized spacial score (nSPS) is 28.3. The number of hydrogen-bond acceptors (Lipinski definition) is 8. The number of hydrogen-bond donors (Lipinski definition) is 2. The average molecular weight is 775 g/mol. The summed E-state index contributed by atoms with van der Waals surface area (Å²) >= 11 is 0. The molecule has 5 fully saturated rings. The third kappa shape index (κ3) is 8.99. The molecule has 1 aromatic carbocycles. The summed E-state index contributed by atoms with van der Waals surface area (Å²) in [7, 11) is -0.643. The van der Waals surface area contributed by atoms with Gasteiger partial charge in [0, 0.05) is 19.5 Å². The van der Waals surface area contributed by atoms with Gasteiger partial charge in [-0.1, -0.05) is 69.5 Å². The number of alkyl carbamates (subject to hydrolysis) is 1. The fourth-order valence-electron chi connectivity index (χ4n) is 9.73. The number of carbonyl (C=O) groups is 4. The zero-order valence-corrected chi connectivity index (χ0v) is 34.3. The zero-order chi connectivity index (χ0) is 40.4. The minimum absolute atomic E-state index is 0.0181. The van der Waals surface area contributed by atoms with Crippen molar-refractivity contribution in [2.75, 3.05) is 6.54 Å². The summed E-state index contributed by atoms with van der Waals surface area (Å²) in [6, 6.07) is 5.84. The molecule has 0 spiro atoms. The summed E-state index contributed by atoms with van der Waals surface area (Å²) in [6.45, 7) is 20.5. The van der Waals surface area contributed by atoms with Gasteiger partial charge in [-0.05, 0) is 94.6 Å². The van der Waals surface area contributed by atoms with Gasteiger partial charge in [0.15, 0.2) is 0 Å². The maximum absolute atomic E-state index is 14.6. The highest BCUT2D eigenvalue weighted by molar-refractivity contribution is 6.48. The van der Waals surface area contributed by atoms with Crippen LogP contribution < -0.4 is 10.6 Å². The van der Waals surface area contributed by atoms with Crippen LogP contribution in [-0.2, 0) is 41.5 Å². The van der Waals surface area contributed by atoms with E-state index in [-0.39, 0.29) is 36.8 Å². The fraction of sp³-hybridized carbons (Fsp3) is 0.674.